The van der Waals surface area contributed by atoms with Crippen molar-refractivity contribution >= 4 is 6.26 Å². The van der Waals surface area contributed by atoms with Crippen LogP contribution in [0.15, 0.2) is 0 Å². The summed E-state index contributed by atoms with van der Waals surface area (Å²) in [6.07, 6.45) is -0.524. The van der Waals surface area contributed by atoms with Gasteiger partial charge in [-0.2, -0.15) is 8.78 Å². The van der Waals surface area contributed by atoms with Crippen molar-refractivity contribution in [3.8, 4) is 11.8 Å². The van der Waals surface area contributed by atoms with E-state index in [1.807, 2.05) is 5.92 Å². The van der Waals surface area contributed by atoms with Crippen molar-refractivity contribution < 1.29 is 19.7 Å². The van der Waals surface area contributed by atoms with Gasteiger partial charge in [-0.1, -0.05) is 5.92 Å². The summed E-state index contributed by atoms with van der Waals surface area (Å²) in [5.41, 5.74) is 0. The van der Waals surface area contributed by atoms with E-state index in [9.17, 15) is 13.6 Å². The van der Waals surface area contributed by atoms with Gasteiger partial charge < -0.3 is 9.53 Å². The first-order valence-electron chi connectivity index (χ1n) is 4.98. The molecule has 1 aliphatic rings. The molecule has 0 saturated carbocycles. The number of ether oxygens (including phenoxy) is 1. The van der Waals surface area contributed by atoms with Crippen molar-refractivity contribution in [2.45, 2.75) is 37.7 Å². The summed E-state index contributed by atoms with van der Waals surface area (Å²) in [7, 11) is 0. The fraction of sp³-hybridized carbons (Fsp3) is 0.700. The second-order valence-corrected chi connectivity index (χ2v) is 3.16. The largest absolute Gasteiger partial charge is 0.371 e. The Kier molecular flexibility index (Phi) is 3.47. The second kappa shape index (κ2) is 5.06. The zero-order valence-corrected chi connectivity index (χ0v) is 7.69. The number of carbonyl (C=O) groups is 1. The van der Waals surface area contributed by atoms with Crippen LogP contribution in [-0.2, 0) is 9.53 Å². The van der Waals surface area contributed by atoms with Gasteiger partial charge in [0.05, 0.1) is 6.10 Å². The topological polar surface area (TPSA) is 26.3 Å². The second-order valence-electron chi connectivity index (χ2n) is 3.16. The molecule has 78 valence electrons. The summed E-state index contributed by atoms with van der Waals surface area (Å²) in [6.45, 7) is -0.330. The predicted molar refractivity (Wildman–Crippen MR) is 47.0 cm³/mol. The molecule has 0 aromatic rings. The molecule has 1 aliphatic carbocycles. The lowest BCUT2D eigenvalue weighted by molar-refractivity contribution is -0.114. The summed E-state index contributed by atoms with van der Waals surface area (Å²) >= 11 is 0. The highest BCUT2D eigenvalue weighted by Crippen LogP contribution is 2.24. The fourth-order valence-corrected chi connectivity index (χ4v) is 1.29. The van der Waals surface area contributed by atoms with Crippen molar-refractivity contribution in [3.05, 3.63) is 0 Å². The van der Waals surface area contributed by atoms with Crippen LogP contribution in [0.3, 0.4) is 0 Å². The molecule has 1 rings (SSSR count). The van der Waals surface area contributed by atoms with Crippen LogP contribution in [0, 0.1) is 11.8 Å². The molecule has 0 radical (unpaired) electrons. The number of aldehydes is 1. The summed E-state index contributed by atoms with van der Waals surface area (Å²) < 4.78 is 37.4. The van der Waals surface area contributed by atoms with Crippen LogP contribution in [0.1, 0.15) is 27.1 Å². The number of halogens is 2. The van der Waals surface area contributed by atoms with Crippen molar-refractivity contribution in [2.24, 2.45) is 0 Å². The average Bonchev–Trinajstić information content (AvgIpc) is 2.12. The van der Waals surface area contributed by atoms with Gasteiger partial charge in [-0.15, -0.1) is 0 Å². The third kappa shape index (κ3) is 3.84. The fourth-order valence-electron chi connectivity index (χ4n) is 1.29. The van der Waals surface area contributed by atoms with Gasteiger partial charge in [-0.3, -0.25) is 0 Å². The number of hydrogen-bond acceptors (Lipinski definition) is 2. The van der Waals surface area contributed by atoms with Crippen LogP contribution in [0.5, 0.6) is 0 Å². The molecule has 0 saturated heterocycles. The van der Waals surface area contributed by atoms with Gasteiger partial charge in [0.25, 0.3) is 0 Å². The first-order chi connectivity index (χ1) is 6.99. The molecule has 0 aliphatic heterocycles. The standard InChI is InChI=1S/C10H12F2O2/c11-10(12)5-2-1-3-9(4-6-10)14-8-7-13/h7,9H,1,3-4,6,8H2/i7D. The molecule has 0 spiro atoms. The number of hydrogen-bond donors (Lipinski definition) is 0. The minimum Gasteiger partial charge on any atom is -0.371 e. The molecule has 0 amide bonds. The quantitative estimate of drug-likeness (QED) is 0.516. The van der Waals surface area contributed by atoms with E-state index in [-0.39, 0.29) is 25.6 Å². The average molecular weight is 203 g/mol. The first-order valence-corrected chi connectivity index (χ1v) is 4.48. The monoisotopic (exact) mass is 203 g/mol. The summed E-state index contributed by atoms with van der Waals surface area (Å²) in [4.78, 5) is 10.3. The van der Waals surface area contributed by atoms with Crippen molar-refractivity contribution in [1.29, 1.82) is 0 Å². The van der Waals surface area contributed by atoms with Gasteiger partial charge >= 0.3 is 5.92 Å². The highest BCUT2D eigenvalue weighted by Gasteiger charge is 2.28. The zero-order valence-electron chi connectivity index (χ0n) is 8.69. The van der Waals surface area contributed by atoms with E-state index >= 15 is 0 Å². The SMILES string of the molecule is [2H]C(=O)COC1CCC#CC(F)(F)CC1. The van der Waals surface area contributed by atoms with Crippen molar-refractivity contribution in [1.82, 2.24) is 0 Å². The lowest BCUT2D eigenvalue weighted by atomic mass is 10.0. The highest BCUT2D eigenvalue weighted by molar-refractivity contribution is 5.50. The van der Waals surface area contributed by atoms with Crippen LogP contribution < -0.4 is 0 Å². The van der Waals surface area contributed by atoms with Gasteiger partial charge in [0.2, 0.25) is 0 Å². The molecular weight excluding hydrogens is 190 g/mol. The van der Waals surface area contributed by atoms with E-state index < -0.39 is 12.2 Å². The van der Waals surface area contributed by atoms with E-state index in [4.69, 9.17) is 6.11 Å². The first kappa shape index (κ1) is 9.60. The smallest absolute Gasteiger partial charge is 0.308 e. The van der Waals surface area contributed by atoms with Gasteiger partial charge in [0.1, 0.15) is 14.2 Å². The lowest BCUT2D eigenvalue weighted by Gasteiger charge is -2.19. The van der Waals surface area contributed by atoms with Crippen LogP contribution in [0.25, 0.3) is 0 Å². The summed E-state index contributed by atoms with van der Waals surface area (Å²) in [5, 5.41) is 0. The van der Waals surface area contributed by atoms with E-state index in [1.165, 1.54) is 0 Å². The molecule has 4 heteroatoms. The van der Waals surface area contributed by atoms with Crippen molar-refractivity contribution in [2.75, 3.05) is 6.61 Å². The maximum absolute atomic E-state index is 12.9. The van der Waals surface area contributed by atoms with Gasteiger partial charge in [-0.25, -0.2) is 0 Å². The number of rotatable bonds is 3. The normalized spacial score (nSPS) is 26.4. The van der Waals surface area contributed by atoms with E-state index in [0.717, 1.165) is 0 Å². The Bertz CT molecular complexity index is 294. The Balaban J connectivity index is 2.44. The van der Waals surface area contributed by atoms with E-state index in [1.54, 1.807) is 0 Å². The van der Waals surface area contributed by atoms with Crippen LogP contribution in [0.2, 0.25) is 0 Å². The lowest BCUT2D eigenvalue weighted by Crippen LogP contribution is -2.22. The Labute approximate surface area is 83.0 Å². The third-order valence-corrected chi connectivity index (χ3v) is 2.02. The molecular formula is C10H12F2O2. The minimum atomic E-state index is -2.95. The van der Waals surface area contributed by atoms with Gasteiger partial charge in [-0.05, 0) is 18.8 Å². The Morgan fingerprint density at radius 2 is 2.43 bits per heavy atom. The van der Waals surface area contributed by atoms with Gasteiger partial charge in [0, 0.05) is 12.8 Å². The molecule has 0 aromatic carbocycles. The van der Waals surface area contributed by atoms with E-state index in [0.29, 0.717) is 12.8 Å². The maximum Gasteiger partial charge on any atom is 0.308 e. The molecule has 0 bridgehead atoms. The maximum atomic E-state index is 12.9. The predicted octanol–water partition coefficient (Wildman–Crippen LogP) is 1.78. The number of carbonyl (C=O) groups excluding carboxylic acids is 1. The molecule has 1 atom stereocenters. The molecule has 2 nitrogen and oxygen atoms in total. The Hall–Kier alpha value is -0.950. The third-order valence-electron chi connectivity index (χ3n) is 2.02. The molecule has 0 aromatic heterocycles. The Morgan fingerprint density at radius 3 is 3.14 bits per heavy atom. The summed E-state index contributed by atoms with van der Waals surface area (Å²) in [6, 6.07) is 0. The molecule has 0 heterocycles. The highest BCUT2D eigenvalue weighted by atomic mass is 19.3. The molecule has 1 unspecified atom stereocenters. The van der Waals surface area contributed by atoms with Crippen molar-refractivity contribution in [3.63, 3.8) is 0 Å². The number of alkyl halides is 2. The molecule has 0 N–H and O–H groups in total. The van der Waals surface area contributed by atoms with Crippen LogP contribution in [0.4, 0.5) is 8.78 Å². The van der Waals surface area contributed by atoms with Gasteiger partial charge in [0.15, 0.2) is 0 Å². The Morgan fingerprint density at radius 1 is 1.64 bits per heavy atom. The molecule has 0 fully saturated rings. The van der Waals surface area contributed by atoms with Crippen LogP contribution >= 0.6 is 0 Å². The minimum absolute atomic E-state index is 0.176. The summed E-state index contributed by atoms with van der Waals surface area (Å²) in [5.74, 6) is 1.34. The zero-order chi connectivity index (χ0) is 11.3. The molecule has 14 heavy (non-hydrogen) atoms. The van der Waals surface area contributed by atoms with E-state index in [2.05, 4.69) is 5.92 Å². The van der Waals surface area contributed by atoms with Crippen LogP contribution in [-0.4, -0.2) is 24.9 Å².